The summed E-state index contributed by atoms with van der Waals surface area (Å²) in [6.45, 7) is 27.8. The maximum absolute atomic E-state index is 11.5. The first-order valence-corrected chi connectivity index (χ1v) is 18.7. The molecule has 0 aliphatic rings. The van der Waals surface area contributed by atoms with Crippen LogP contribution in [0.3, 0.4) is 0 Å². The number of aliphatic hydroxyl groups excluding tert-OH is 2. The second kappa shape index (κ2) is 28.0. The van der Waals surface area contributed by atoms with Crippen molar-refractivity contribution in [2.45, 2.75) is 169 Å². The minimum atomic E-state index is -1.79. The largest absolute Gasteiger partial charge is 0.419 e. The van der Waals surface area contributed by atoms with Gasteiger partial charge in [0.2, 0.25) is 0 Å². The minimum absolute atomic E-state index is 0. The molecule has 0 saturated carbocycles. The number of rotatable bonds is 19. The molecule has 3 N–H and O–H groups in total. The predicted molar refractivity (Wildman–Crippen MR) is 175 cm³/mol. The van der Waals surface area contributed by atoms with Crippen molar-refractivity contribution in [3.8, 4) is 0 Å². The van der Waals surface area contributed by atoms with Crippen LogP contribution in [-0.2, 0) is 26.1 Å². The third kappa shape index (κ3) is 23.4. The van der Waals surface area contributed by atoms with E-state index >= 15 is 0 Å². The Morgan fingerprint density at radius 2 is 1.15 bits per heavy atom. The molecule has 238 valence electrons. The van der Waals surface area contributed by atoms with Gasteiger partial charge in [-0.3, -0.25) is 4.90 Å². The molecule has 0 aliphatic heterocycles. The van der Waals surface area contributed by atoms with E-state index in [2.05, 4.69) is 82.6 Å². The monoisotopic (exact) mass is 674 g/mol. The first-order valence-electron chi connectivity index (χ1n) is 15.4. The number of halogens is 1. The van der Waals surface area contributed by atoms with Gasteiger partial charge in [0, 0.05) is 45.9 Å². The molecule has 1 unspecified atom stereocenters. The van der Waals surface area contributed by atoms with Crippen molar-refractivity contribution in [2.24, 2.45) is 0 Å². The Morgan fingerprint density at radius 3 is 1.51 bits per heavy atom. The number of unbranched alkanes of at least 4 members (excludes halogenated alkanes) is 5. The fraction of sp³-hybridized carbons (Fsp3) is 0.968. The van der Waals surface area contributed by atoms with Gasteiger partial charge in [0.25, 0.3) is 0 Å². The molecular formula is C31H69BrNO4SiTi-. The Labute approximate surface area is 269 Å². The van der Waals surface area contributed by atoms with Gasteiger partial charge in [-0.25, -0.2) is 0 Å². The molecule has 0 bridgehead atoms. The number of alkyl halides is 1. The molecule has 0 amide bonds. The van der Waals surface area contributed by atoms with Crippen LogP contribution in [0.4, 0.5) is 0 Å². The zero-order valence-corrected chi connectivity index (χ0v) is 32.2. The second-order valence-electron chi connectivity index (χ2n) is 12.0. The molecule has 0 aliphatic carbocycles. The summed E-state index contributed by atoms with van der Waals surface area (Å²) in [4.78, 5) is 2.23. The molecule has 5 nitrogen and oxygen atoms in total. The van der Waals surface area contributed by atoms with Crippen LogP contribution in [0.1, 0.15) is 134 Å². The Hall–Kier alpha value is 1.21. The van der Waals surface area contributed by atoms with E-state index in [4.69, 9.17) is 14.6 Å². The predicted octanol–water partition coefficient (Wildman–Crippen LogP) is 8.70. The number of aliphatic hydroxyl groups is 3. The minimum Gasteiger partial charge on any atom is -0.419 e. The summed E-state index contributed by atoms with van der Waals surface area (Å²) in [7, 11) is -1.79. The van der Waals surface area contributed by atoms with Crippen molar-refractivity contribution in [3.63, 3.8) is 0 Å². The molecule has 39 heavy (non-hydrogen) atoms. The van der Waals surface area contributed by atoms with Gasteiger partial charge in [0.1, 0.15) is 0 Å². The van der Waals surface area contributed by atoms with Crippen molar-refractivity contribution >= 4 is 24.2 Å². The van der Waals surface area contributed by atoms with Gasteiger partial charge in [-0.15, -0.1) is 6.42 Å². The van der Waals surface area contributed by atoms with Gasteiger partial charge in [-0.1, -0.05) is 90.6 Å². The topological polar surface area (TPSA) is 73.2 Å². The van der Waals surface area contributed by atoms with E-state index in [1.54, 1.807) is 27.7 Å². The van der Waals surface area contributed by atoms with Crippen LogP contribution in [0.2, 0.25) is 16.6 Å². The molecular weight excluding hydrogens is 606 g/mol. The van der Waals surface area contributed by atoms with Crippen molar-refractivity contribution in [2.75, 3.05) is 25.0 Å². The van der Waals surface area contributed by atoms with E-state index in [1.165, 1.54) is 25.7 Å². The van der Waals surface area contributed by atoms with E-state index < -0.39 is 14.0 Å². The van der Waals surface area contributed by atoms with Gasteiger partial charge < -0.3 is 26.2 Å². The van der Waals surface area contributed by atoms with Crippen molar-refractivity contribution in [1.82, 2.24) is 4.90 Å². The van der Waals surface area contributed by atoms with E-state index in [0.29, 0.717) is 16.6 Å². The van der Waals surface area contributed by atoms with E-state index in [9.17, 15) is 5.11 Å². The fourth-order valence-electron chi connectivity index (χ4n) is 5.39. The van der Waals surface area contributed by atoms with Crippen molar-refractivity contribution in [1.29, 1.82) is 0 Å². The quantitative estimate of drug-likeness (QED) is 0.0420. The van der Waals surface area contributed by atoms with Crippen LogP contribution < -0.4 is 0 Å². The molecule has 0 aromatic heterocycles. The Kier molecular flexibility index (Phi) is 33.9. The van der Waals surface area contributed by atoms with Gasteiger partial charge in [0.05, 0.1) is 5.72 Å². The summed E-state index contributed by atoms with van der Waals surface area (Å²) in [5.41, 5.74) is 1.15. The van der Waals surface area contributed by atoms with E-state index in [-0.39, 0.29) is 33.9 Å². The van der Waals surface area contributed by atoms with Crippen molar-refractivity contribution < 1.29 is 41.5 Å². The molecule has 1 atom stereocenters. The van der Waals surface area contributed by atoms with Gasteiger partial charge >= 0.3 is 0 Å². The summed E-state index contributed by atoms with van der Waals surface area (Å²) >= 11 is 3.51. The van der Waals surface area contributed by atoms with Crippen molar-refractivity contribution in [3.05, 3.63) is 6.42 Å². The van der Waals surface area contributed by atoms with E-state index in [1.807, 2.05) is 0 Å². The number of nitrogens with zero attached hydrogens (tertiary/aromatic N) is 1. The SMILES string of the molecule is CC(C)O.CC(C)O.CCN(CC)C(O)(C[CH-]CCO[Si](C(C)C)(C(C)C)C(C)C)CCCCCCCBr.[Ti]. The average molecular weight is 676 g/mol. The third-order valence-electron chi connectivity index (χ3n) is 6.92. The van der Waals surface area contributed by atoms with Crippen LogP contribution in [0.5, 0.6) is 0 Å². The maximum atomic E-state index is 11.5. The second-order valence-corrected chi connectivity index (χ2v) is 18.2. The summed E-state index contributed by atoms with van der Waals surface area (Å²) < 4.78 is 6.69. The number of hydrogen-bond donors (Lipinski definition) is 3. The van der Waals surface area contributed by atoms with Crippen LogP contribution in [0.15, 0.2) is 0 Å². The standard InChI is InChI=1S/C25H53BrNO2Si.2C3H8O.Ti/c1-9-27(10-2)25(28,18-14-12-11-13-16-20-26)19-15-17-21-29-30(22(3)4,23(5)6)24(7)8;2*1-3(2)4;/h15,22-24,28H,9-14,16-21H2,1-8H3;2*3-4H,1-2H3;/q-1;;;. The first-order chi connectivity index (χ1) is 17.6. The van der Waals surface area contributed by atoms with Gasteiger partial charge in [-0.05, 0) is 76.7 Å². The Morgan fingerprint density at radius 1 is 0.769 bits per heavy atom. The molecule has 0 rings (SSSR count). The van der Waals surface area contributed by atoms with Crippen LogP contribution in [0.25, 0.3) is 0 Å². The molecule has 0 radical (unpaired) electrons. The maximum Gasteiger partial charge on any atom is 0.200 e. The fourth-order valence-corrected chi connectivity index (χ4v) is 11.3. The molecule has 0 saturated heterocycles. The molecule has 8 heteroatoms. The van der Waals surface area contributed by atoms with Gasteiger partial charge in [-0.2, -0.15) is 6.42 Å². The molecule has 0 spiro atoms. The average Bonchev–Trinajstić information content (AvgIpc) is 2.78. The summed E-state index contributed by atoms with van der Waals surface area (Å²) in [6, 6.07) is 0. The molecule has 0 fully saturated rings. The molecule has 0 aromatic rings. The summed E-state index contributed by atoms with van der Waals surface area (Å²) in [5.74, 6) is 0. The summed E-state index contributed by atoms with van der Waals surface area (Å²) in [6.07, 6.45) is 10.6. The van der Waals surface area contributed by atoms with Crippen LogP contribution in [-0.4, -0.2) is 71.5 Å². The summed E-state index contributed by atoms with van der Waals surface area (Å²) in [5, 5.41) is 28.7. The zero-order chi connectivity index (χ0) is 30.4. The number of hydrogen-bond acceptors (Lipinski definition) is 5. The van der Waals surface area contributed by atoms with E-state index in [0.717, 1.165) is 50.7 Å². The first kappa shape index (κ1) is 47.1. The van der Waals surface area contributed by atoms with Gasteiger partial charge in [0.15, 0.2) is 8.32 Å². The normalized spacial score (nSPS) is 13.4. The van der Waals surface area contributed by atoms with Crippen LogP contribution in [0, 0.1) is 6.42 Å². The molecule has 0 heterocycles. The zero-order valence-electron chi connectivity index (χ0n) is 28.0. The molecule has 0 aromatic carbocycles. The smallest absolute Gasteiger partial charge is 0.200 e. The third-order valence-corrected chi connectivity index (χ3v) is 13.6. The Balaban J connectivity index is -0.000000594. The van der Waals surface area contributed by atoms with Crippen LogP contribution >= 0.6 is 15.9 Å². The Bertz CT molecular complexity index is 476.